The van der Waals surface area contributed by atoms with Crippen molar-refractivity contribution in [1.29, 1.82) is 0 Å². The molecule has 1 rings (SSSR count). The number of halogens is 3. The Morgan fingerprint density at radius 1 is 1.42 bits per heavy atom. The van der Waals surface area contributed by atoms with Crippen molar-refractivity contribution in [2.45, 2.75) is 6.54 Å². The van der Waals surface area contributed by atoms with Gasteiger partial charge in [-0.2, -0.15) is 0 Å². The van der Waals surface area contributed by atoms with Crippen molar-refractivity contribution in [3.8, 4) is 0 Å². The molecule has 0 aliphatic carbocycles. The van der Waals surface area contributed by atoms with Gasteiger partial charge in [0.05, 0.1) is 4.47 Å². The summed E-state index contributed by atoms with van der Waals surface area (Å²) in [5.41, 5.74) is 2.14. The second-order valence-electron chi connectivity index (χ2n) is 2.20. The molecule has 0 bridgehead atoms. The zero-order valence-electron chi connectivity index (χ0n) is 5.94. The van der Waals surface area contributed by atoms with Crippen LogP contribution in [0.4, 0.5) is 8.78 Å². The predicted molar refractivity (Wildman–Crippen MR) is 42.7 cm³/mol. The number of hydrogen-bond donors (Lipinski definition) is 2. The van der Waals surface area contributed by atoms with Gasteiger partial charge in [0.25, 0.3) is 0 Å². The molecule has 12 heavy (non-hydrogen) atoms. The maximum atomic E-state index is 12.8. The van der Waals surface area contributed by atoms with Crippen LogP contribution >= 0.6 is 15.9 Å². The number of hydrogen-bond acceptors (Lipinski definition) is 2. The molecule has 2 N–H and O–H groups in total. The molecule has 0 spiro atoms. The highest BCUT2D eigenvalue weighted by atomic mass is 79.9. The van der Waals surface area contributed by atoms with E-state index < -0.39 is 11.6 Å². The highest BCUT2D eigenvalue weighted by molar-refractivity contribution is 9.10. The number of nitrogens with one attached hydrogen (secondary N) is 1. The van der Waals surface area contributed by atoms with Gasteiger partial charge in [-0.1, -0.05) is 0 Å². The van der Waals surface area contributed by atoms with E-state index in [1.165, 1.54) is 0 Å². The summed E-state index contributed by atoms with van der Waals surface area (Å²) in [6, 6.07) is 1.90. The van der Waals surface area contributed by atoms with E-state index in [4.69, 9.17) is 5.21 Å². The van der Waals surface area contributed by atoms with E-state index in [0.29, 0.717) is 5.56 Å². The summed E-state index contributed by atoms with van der Waals surface area (Å²) in [5.74, 6) is -1.35. The molecule has 0 amide bonds. The Labute approximate surface area is 76.3 Å². The first-order chi connectivity index (χ1) is 5.65. The van der Waals surface area contributed by atoms with Gasteiger partial charge in [0.15, 0.2) is 0 Å². The van der Waals surface area contributed by atoms with E-state index in [0.717, 1.165) is 12.1 Å². The van der Waals surface area contributed by atoms with Crippen LogP contribution in [0.5, 0.6) is 0 Å². The first-order valence-electron chi connectivity index (χ1n) is 3.15. The lowest BCUT2D eigenvalue weighted by Crippen LogP contribution is -2.07. The van der Waals surface area contributed by atoms with Crippen LogP contribution < -0.4 is 5.48 Å². The Morgan fingerprint density at radius 3 is 2.67 bits per heavy atom. The number of hydroxylamine groups is 1. The molecule has 0 unspecified atom stereocenters. The van der Waals surface area contributed by atoms with E-state index in [2.05, 4.69) is 15.9 Å². The average molecular weight is 238 g/mol. The summed E-state index contributed by atoms with van der Waals surface area (Å²) >= 11 is 2.92. The molecule has 0 heterocycles. The van der Waals surface area contributed by atoms with Crippen molar-refractivity contribution in [1.82, 2.24) is 5.48 Å². The smallest absolute Gasteiger partial charge is 0.140 e. The fraction of sp³-hybridized carbons (Fsp3) is 0.143. The zero-order valence-corrected chi connectivity index (χ0v) is 7.53. The van der Waals surface area contributed by atoms with Crippen molar-refractivity contribution in [3.63, 3.8) is 0 Å². The largest absolute Gasteiger partial charge is 0.316 e. The first-order valence-corrected chi connectivity index (χ1v) is 3.95. The third kappa shape index (κ3) is 2.00. The molecule has 0 aliphatic heterocycles. The Kier molecular flexibility index (Phi) is 3.13. The molecule has 5 heteroatoms. The summed E-state index contributed by atoms with van der Waals surface area (Å²) < 4.78 is 25.5. The van der Waals surface area contributed by atoms with E-state index in [1.54, 1.807) is 0 Å². The summed E-state index contributed by atoms with van der Waals surface area (Å²) in [6.45, 7) is -0.00470. The average Bonchev–Trinajstić information content (AvgIpc) is 2.00. The van der Waals surface area contributed by atoms with Crippen LogP contribution in [0.25, 0.3) is 0 Å². The summed E-state index contributed by atoms with van der Waals surface area (Å²) in [7, 11) is 0. The number of benzene rings is 1. The van der Waals surface area contributed by atoms with Gasteiger partial charge in [-0.3, -0.25) is 0 Å². The molecule has 0 aromatic heterocycles. The van der Waals surface area contributed by atoms with Gasteiger partial charge < -0.3 is 5.21 Å². The summed E-state index contributed by atoms with van der Waals surface area (Å²) in [5, 5.41) is 8.31. The molecule has 0 saturated heterocycles. The standard InChI is InChI=1S/C7H6BrF2NO/c8-7-4(3-11-12)1-5(9)2-6(7)10/h1-2,11-12H,3H2. The molecule has 0 saturated carbocycles. The van der Waals surface area contributed by atoms with Crippen molar-refractivity contribution in [2.75, 3.05) is 0 Å². The lowest BCUT2D eigenvalue weighted by atomic mass is 10.2. The van der Waals surface area contributed by atoms with Crippen LogP contribution in [0.3, 0.4) is 0 Å². The van der Waals surface area contributed by atoms with Crippen molar-refractivity contribution in [3.05, 3.63) is 33.8 Å². The first kappa shape index (κ1) is 9.57. The molecule has 66 valence electrons. The molecule has 2 nitrogen and oxygen atoms in total. The van der Waals surface area contributed by atoms with Crippen LogP contribution in [-0.2, 0) is 6.54 Å². The molecule has 1 aromatic rings. The van der Waals surface area contributed by atoms with E-state index >= 15 is 0 Å². The monoisotopic (exact) mass is 237 g/mol. The second kappa shape index (κ2) is 3.93. The lowest BCUT2D eigenvalue weighted by molar-refractivity contribution is 0.161. The minimum absolute atomic E-state index is 0.00470. The molecule has 0 aliphatic rings. The van der Waals surface area contributed by atoms with E-state index in [9.17, 15) is 8.78 Å². The zero-order chi connectivity index (χ0) is 9.14. The quantitative estimate of drug-likeness (QED) is 0.611. The van der Waals surface area contributed by atoms with Crippen molar-refractivity contribution in [2.24, 2.45) is 0 Å². The molecule has 0 radical (unpaired) electrons. The second-order valence-corrected chi connectivity index (χ2v) is 2.99. The summed E-state index contributed by atoms with van der Waals surface area (Å²) in [6.07, 6.45) is 0. The Balaban J connectivity index is 3.09. The van der Waals surface area contributed by atoms with Gasteiger partial charge in [-0.15, -0.1) is 0 Å². The fourth-order valence-corrected chi connectivity index (χ4v) is 1.19. The van der Waals surface area contributed by atoms with Crippen molar-refractivity contribution < 1.29 is 14.0 Å². The normalized spacial score (nSPS) is 10.3. The SMILES string of the molecule is ONCc1cc(F)cc(F)c1Br. The number of rotatable bonds is 2. The summed E-state index contributed by atoms with van der Waals surface area (Å²) in [4.78, 5) is 0. The van der Waals surface area contributed by atoms with Gasteiger partial charge in [0.1, 0.15) is 11.6 Å². The molecule has 0 fully saturated rings. The van der Waals surface area contributed by atoms with Gasteiger partial charge in [-0.25, -0.2) is 14.3 Å². The third-order valence-corrected chi connectivity index (χ3v) is 2.23. The van der Waals surface area contributed by atoms with Gasteiger partial charge >= 0.3 is 0 Å². The molecule has 1 aromatic carbocycles. The highest BCUT2D eigenvalue weighted by Crippen LogP contribution is 2.21. The third-order valence-electron chi connectivity index (χ3n) is 1.34. The molecular formula is C7H6BrF2NO. The maximum absolute atomic E-state index is 12.8. The predicted octanol–water partition coefficient (Wildman–Crippen LogP) is 2.21. The Hall–Kier alpha value is -0.520. The van der Waals surface area contributed by atoms with Crippen LogP contribution in [0.15, 0.2) is 16.6 Å². The fourth-order valence-electron chi connectivity index (χ4n) is 0.823. The minimum Gasteiger partial charge on any atom is -0.316 e. The molecular weight excluding hydrogens is 232 g/mol. The van der Waals surface area contributed by atoms with Crippen LogP contribution in [0, 0.1) is 11.6 Å². The van der Waals surface area contributed by atoms with Crippen molar-refractivity contribution >= 4 is 15.9 Å². The van der Waals surface area contributed by atoms with Crippen LogP contribution in [-0.4, -0.2) is 5.21 Å². The van der Waals surface area contributed by atoms with Gasteiger partial charge in [0.2, 0.25) is 0 Å². The molecule has 0 atom stereocenters. The topological polar surface area (TPSA) is 32.3 Å². The highest BCUT2D eigenvalue weighted by Gasteiger charge is 2.07. The van der Waals surface area contributed by atoms with Gasteiger partial charge in [-0.05, 0) is 27.6 Å². The van der Waals surface area contributed by atoms with E-state index in [1.807, 2.05) is 5.48 Å². The van der Waals surface area contributed by atoms with Crippen LogP contribution in [0.1, 0.15) is 5.56 Å². The van der Waals surface area contributed by atoms with E-state index in [-0.39, 0.29) is 11.0 Å². The minimum atomic E-state index is -0.680. The Morgan fingerprint density at radius 2 is 2.08 bits per heavy atom. The lowest BCUT2D eigenvalue weighted by Gasteiger charge is -2.03. The van der Waals surface area contributed by atoms with Crippen LogP contribution in [0.2, 0.25) is 0 Å². The Bertz CT molecular complexity index is 293. The van der Waals surface area contributed by atoms with Gasteiger partial charge in [0, 0.05) is 12.6 Å². The maximum Gasteiger partial charge on any atom is 0.140 e.